The normalized spacial score (nSPS) is 36.4. The quantitative estimate of drug-likeness (QED) is 0.857. The molecule has 1 aromatic carbocycles. The van der Waals surface area contributed by atoms with Crippen molar-refractivity contribution >= 4 is 17.3 Å². The van der Waals surface area contributed by atoms with Crippen molar-refractivity contribution in [1.82, 2.24) is 4.90 Å². The van der Waals surface area contributed by atoms with Gasteiger partial charge in [-0.05, 0) is 74.3 Å². The summed E-state index contributed by atoms with van der Waals surface area (Å²) in [5.74, 6) is 2.70. The third-order valence-electron chi connectivity index (χ3n) is 8.18. The largest absolute Gasteiger partial charge is 0.337 e. The van der Waals surface area contributed by atoms with Gasteiger partial charge in [0.05, 0.1) is 11.4 Å². The minimum Gasteiger partial charge on any atom is -0.337 e. The number of rotatable bonds is 4. The van der Waals surface area contributed by atoms with Gasteiger partial charge in [-0.1, -0.05) is 19.1 Å². The van der Waals surface area contributed by atoms with Crippen LogP contribution in [-0.4, -0.2) is 34.6 Å². The molecule has 28 heavy (non-hydrogen) atoms. The summed E-state index contributed by atoms with van der Waals surface area (Å²) in [6.45, 7) is 2.19. The molecular formula is C24H31N3O. The van der Waals surface area contributed by atoms with Crippen molar-refractivity contribution in [2.24, 2.45) is 28.5 Å². The van der Waals surface area contributed by atoms with Crippen LogP contribution in [0.25, 0.3) is 0 Å². The summed E-state index contributed by atoms with van der Waals surface area (Å²) in [7, 11) is 0. The molecule has 0 aromatic heterocycles. The lowest BCUT2D eigenvalue weighted by Gasteiger charge is -2.47. The molecule has 6 unspecified atom stereocenters. The first kappa shape index (κ1) is 17.2. The molecule has 2 saturated heterocycles. The first-order chi connectivity index (χ1) is 13.6. The Morgan fingerprint density at radius 2 is 1.96 bits per heavy atom. The summed E-state index contributed by atoms with van der Waals surface area (Å²) in [5, 5.41) is 0. The van der Waals surface area contributed by atoms with Crippen molar-refractivity contribution in [3.05, 3.63) is 29.3 Å². The van der Waals surface area contributed by atoms with E-state index in [0.29, 0.717) is 30.3 Å². The molecule has 1 amide bonds. The summed E-state index contributed by atoms with van der Waals surface area (Å²) >= 11 is 0. The summed E-state index contributed by atoms with van der Waals surface area (Å²) in [4.78, 5) is 20.5. The fraction of sp³-hybridized carbons (Fsp3) is 0.667. The first-order valence-electron chi connectivity index (χ1n) is 11.4. The van der Waals surface area contributed by atoms with Gasteiger partial charge in [-0.3, -0.25) is 9.79 Å². The lowest BCUT2D eigenvalue weighted by Crippen LogP contribution is -2.53. The highest BCUT2D eigenvalue weighted by atomic mass is 16.2. The smallest absolute Gasteiger partial charge is 0.223 e. The van der Waals surface area contributed by atoms with Crippen LogP contribution in [0.4, 0.5) is 5.69 Å². The minimum absolute atomic E-state index is 0.201. The number of hydrogen-bond donors (Lipinski definition) is 1. The molecule has 3 aliphatic carbocycles. The van der Waals surface area contributed by atoms with Gasteiger partial charge < -0.3 is 10.6 Å². The third kappa shape index (κ3) is 2.60. The SMILES string of the molecule is CC(CC(=O)N1C2CC3CC(CC1C3)C(N)C2)C1=Nc2cccc(C3CC3)c21. The molecule has 4 nitrogen and oxygen atoms in total. The number of hydrogen-bond acceptors (Lipinski definition) is 3. The molecule has 3 saturated carbocycles. The number of amides is 1. The Bertz CT molecular complexity index is 857. The molecule has 3 heterocycles. The first-order valence-corrected chi connectivity index (χ1v) is 11.4. The standard InChI is InChI=1S/C24H31N3O/c1-13(24-23-19(15-5-6-15)3-2-4-21(23)26-24)7-22(28)27-17-9-14-8-16(11-17)20(25)12-18(27)10-14/h2-4,13-18,20H,5-12,25H2,1H3. The van der Waals surface area contributed by atoms with Gasteiger partial charge in [-0.25, -0.2) is 0 Å². The van der Waals surface area contributed by atoms with E-state index < -0.39 is 0 Å². The van der Waals surface area contributed by atoms with Gasteiger partial charge in [-0.2, -0.15) is 0 Å². The average Bonchev–Trinajstić information content (AvgIpc) is 3.47. The summed E-state index contributed by atoms with van der Waals surface area (Å²) in [6, 6.07) is 7.63. The van der Waals surface area contributed by atoms with Gasteiger partial charge in [-0.15, -0.1) is 0 Å². The number of aliphatic imine (C=N–C) groups is 1. The zero-order chi connectivity index (χ0) is 19.0. The van der Waals surface area contributed by atoms with Gasteiger partial charge in [0.1, 0.15) is 0 Å². The van der Waals surface area contributed by atoms with Crippen LogP contribution in [0.1, 0.15) is 75.3 Å². The molecule has 148 valence electrons. The number of benzene rings is 1. The third-order valence-corrected chi connectivity index (χ3v) is 8.18. The van der Waals surface area contributed by atoms with Crippen LogP contribution in [0.5, 0.6) is 0 Å². The van der Waals surface area contributed by atoms with Gasteiger partial charge in [0, 0.05) is 36.0 Å². The lowest BCUT2D eigenvalue weighted by atomic mass is 9.74. The van der Waals surface area contributed by atoms with Crippen molar-refractivity contribution in [2.45, 2.75) is 82.3 Å². The molecule has 0 spiro atoms. The summed E-state index contributed by atoms with van der Waals surface area (Å²) in [5.41, 5.74) is 11.6. The maximum absolute atomic E-state index is 13.4. The second-order valence-electron chi connectivity index (χ2n) is 10.2. The second kappa shape index (κ2) is 6.16. The molecule has 6 aliphatic rings. The molecular weight excluding hydrogens is 346 g/mol. The average molecular weight is 378 g/mol. The maximum atomic E-state index is 13.4. The van der Waals surface area contributed by atoms with Crippen molar-refractivity contribution in [2.75, 3.05) is 0 Å². The highest BCUT2D eigenvalue weighted by Crippen LogP contribution is 2.49. The molecule has 7 rings (SSSR count). The number of carbonyl (C=O) groups excluding carboxylic acids is 1. The summed E-state index contributed by atoms with van der Waals surface area (Å²) < 4.78 is 0. The highest BCUT2D eigenvalue weighted by Gasteiger charge is 2.48. The number of nitrogens with zero attached hydrogens (tertiary/aromatic N) is 2. The fourth-order valence-corrected chi connectivity index (χ4v) is 6.76. The van der Waals surface area contributed by atoms with E-state index in [1.165, 1.54) is 48.9 Å². The van der Waals surface area contributed by atoms with Crippen LogP contribution < -0.4 is 5.73 Å². The van der Waals surface area contributed by atoms with E-state index in [4.69, 9.17) is 10.7 Å². The van der Waals surface area contributed by atoms with Crippen molar-refractivity contribution in [3.8, 4) is 0 Å². The Kier molecular flexibility index (Phi) is 3.78. The zero-order valence-electron chi connectivity index (χ0n) is 16.8. The second-order valence-corrected chi connectivity index (χ2v) is 10.2. The number of piperidine rings is 1. The molecule has 3 aliphatic heterocycles. The van der Waals surface area contributed by atoms with E-state index in [1.807, 2.05) is 0 Å². The van der Waals surface area contributed by atoms with Gasteiger partial charge in [0.25, 0.3) is 0 Å². The van der Waals surface area contributed by atoms with Crippen LogP contribution in [-0.2, 0) is 4.79 Å². The van der Waals surface area contributed by atoms with Crippen LogP contribution >= 0.6 is 0 Å². The minimum atomic E-state index is 0.201. The van der Waals surface area contributed by atoms with Gasteiger partial charge >= 0.3 is 0 Å². The number of carbonyl (C=O) groups is 1. The van der Waals surface area contributed by atoms with E-state index >= 15 is 0 Å². The molecule has 6 atom stereocenters. The summed E-state index contributed by atoms with van der Waals surface area (Å²) in [6.07, 6.45) is 9.01. The van der Waals surface area contributed by atoms with E-state index in [-0.39, 0.29) is 12.0 Å². The molecule has 1 aromatic rings. The Balaban J connectivity index is 1.20. The van der Waals surface area contributed by atoms with Crippen molar-refractivity contribution < 1.29 is 4.79 Å². The van der Waals surface area contributed by atoms with Crippen molar-refractivity contribution in [1.29, 1.82) is 0 Å². The van der Waals surface area contributed by atoms with Crippen LogP contribution in [0.2, 0.25) is 0 Å². The topological polar surface area (TPSA) is 58.7 Å². The Morgan fingerprint density at radius 3 is 2.75 bits per heavy atom. The predicted molar refractivity (Wildman–Crippen MR) is 111 cm³/mol. The van der Waals surface area contributed by atoms with Crippen LogP contribution in [0.3, 0.4) is 0 Å². The van der Waals surface area contributed by atoms with Gasteiger partial charge in [0.15, 0.2) is 0 Å². The van der Waals surface area contributed by atoms with E-state index in [0.717, 1.165) is 30.4 Å². The van der Waals surface area contributed by atoms with Crippen LogP contribution in [0.15, 0.2) is 23.2 Å². The number of nitrogens with two attached hydrogens (primary N) is 1. The van der Waals surface area contributed by atoms with E-state index in [9.17, 15) is 4.79 Å². The Morgan fingerprint density at radius 1 is 1.18 bits per heavy atom. The number of fused-ring (bicyclic) bond motifs is 2. The molecule has 5 fully saturated rings. The van der Waals surface area contributed by atoms with Crippen LogP contribution in [0, 0.1) is 17.8 Å². The van der Waals surface area contributed by atoms with E-state index in [2.05, 4.69) is 30.0 Å². The maximum Gasteiger partial charge on any atom is 0.223 e. The van der Waals surface area contributed by atoms with Gasteiger partial charge in [0.2, 0.25) is 5.91 Å². The Hall–Kier alpha value is -1.68. The monoisotopic (exact) mass is 377 g/mol. The van der Waals surface area contributed by atoms with Crippen molar-refractivity contribution in [3.63, 3.8) is 0 Å². The predicted octanol–water partition coefficient (Wildman–Crippen LogP) is 4.14. The fourth-order valence-electron chi connectivity index (χ4n) is 6.76. The molecule has 2 N–H and O–H groups in total. The molecule has 0 radical (unpaired) electrons. The zero-order valence-corrected chi connectivity index (χ0v) is 16.8. The highest BCUT2D eigenvalue weighted by molar-refractivity contribution is 6.15. The molecule has 4 bridgehead atoms. The Labute approximate surface area is 167 Å². The lowest BCUT2D eigenvalue weighted by molar-refractivity contribution is -0.141. The van der Waals surface area contributed by atoms with E-state index in [1.54, 1.807) is 0 Å². The molecule has 4 heteroatoms.